The number of carbonyl (C=O) groups excluding carboxylic acids is 1. The van der Waals surface area contributed by atoms with E-state index >= 15 is 0 Å². The number of hydrogen-bond donors (Lipinski definition) is 0. The average Bonchev–Trinajstić information content (AvgIpc) is 2.38. The summed E-state index contributed by atoms with van der Waals surface area (Å²) in [6.45, 7) is 2.35. The van der Waals surface area contributed by atoms with Crippen molar-refractivity contribution in [3.8, 4) is 6.07 Å². The molecule has 0 saturated carbocycles. The molecule has 88 valence electrons. The van der Waals surface area contributed by atoms with Crippen LogP contribution >= 0.6 is 0 Å². The first-order chi connectivity index (χ1) is 8.24. The van der Waals surface area contributed by atoms with Gasteiger partial charge in [-0.15, -0.1) is 0 Å². The lowest BCUT2D eigenvalue weighted by molar-refractivity contribution is -0.118. The second-order valence-corrected chi connectivity index (χ2v) is 4.16. The Morgan fingerprint density at radius 2 is 2.24 bits per heavy atom. The quantitative estimate of drug-likeness (QED) is 0.765. The van der Waals surface area contributed by atoms with E-state index < -0.39 is 0 Å². The maximum absolute atomic E-state index is 11.6. The molecule has 1 aliphatic heterocycles. The molecular formula is C12H14N4O. The fraction of sp³-hybridized carbons (Fsp3) is 0.500. The van der Waals surface area contributed by atoms with E-state index in [1.54, 1.807) is 13.1 Å². The summed E-state index contributed by atoms with van der Waals surface area (Å²) in [4.78, 5) is 21.7. The summed E-state index contributed by atoms with van der Waals surface area (Å²) in [7, 11) is 0. The first kappa shape index (κ1) is 11.5. The number of nitrogens with zero attached hydrogens (tertiary/aromatic N) is 4. The molecule has 1 aromatic rings. The second-order valence-electron chi connectivity index (χ2n) is 4.16. The van der Waals surface area contributed by atoms with Gasteiger partial charge < -0.3 is 4.90 Å². The molecule has 1 fully saturated rings. The maximum atomic E-state index is 11.6. The van der Waals surface area contributed by atoms with Crippen LogP contribution in [0.15, 0.2) is 12.4 Å². The van der Waals surface area contributed by atoms with Crippen molar-refractivity contribution in [1.29, 1.82) is 5.26 Å². The number of hydrogen-bond acceptors (Lipinski definition) is 5. The number of rotatable bonds is 2. The lowest BCUT2D eigenvalue weighted by Gasteiger charge is -2.35. The smallest absolute Gasteiger partial charge is 0.183 e. The Balaban J connectivity index is 2.36. The lowest BCUT2D eigenvalue weighted by Crippen LogP contribution is -2.44. The summed E-state index contributed by atoms with van der Waals surface area (Å²) in [6.07, 6.45) is 5.95. The van der Waals surface area contributed by atoms with Crippen LogP contribution in [0.2, 0.25) is 0 Å². The van der Waals surface area contributed by atoms with Crippen LogP contribution in [-0.4, -0.2) is 28.3 Å². The van der Waals surface area contributed by atoms with Crippen LogP contribution in [0.25, 0.3) is 0 Å². The summed E-state index contributed by atoms with van der Waals surface area (Å²) in [5.41, 5.74) is 0.292. The fourth-order valence-corrected chi connectivity index (χ4v) is 2.23. The van der Waals surface area contributed by atoms with Gasteiger partial charge in [-0.05, 0) is 26.2 Å². The Kier molecular flexibility index (Phi) is 3.33. The highest BCUT2D eigenvalue weighted by molar-refractivity contribution is 5.85. The van der Waals surface area contributed by atoms with Crippen LogP contribution in [0.4, 0.5) is 5.82 Å². The van der Waals surface area contributed by atoms with Crippen LogP contribution in [0.3, 0.4) is 0 Å². The van der Waals surface area contributed by atoms with E-state index in [2.05, 4.69) is 9.97 Å². The Morgan fingerprint density at radius 1 is 1.47 bits per heavy atom. The van der Waals surface area contributed by atoms with Gasteiger partial charge in [0, 0.05) is 18.9 Å². The Bertz CT molecular complexity index is 466. The Hall–Kier alpha value is -1.96. The van der Waals surface area contributed by atoms with Crippen molar-refractivity contribution in [2.45, 2.75) is 32.2 Å². The topological polar surface area (TPSA) is 69.9 Å². The van der Waals surface area contributed by atoms with Crippen LogP contribution in [0.1, 0.15) is 31.9 Å². The van der Waals surface area contributed by atoms with E-state index in [-0.39, 0.29) is 11.8 Å². The molecule has 1 saturated heterocycles. The number of Topliss-reactive ketones (excluding diaryl/α,β-unsaturated/α-hetero) is 1. The van der Waals surface area contributed by atoms with Crippen LogP contribution in [0, 0.1) is 11.3 Å². The number of anilines is 1. The highest BCUT2D eigenvalue weighted by Crippen LogP contribution is 2.25. The molecule has 1 aromatic heterocycles. The third kappa shape index (κ3) is 2.26. The Labute approximate surface area is 100 Å². The van der Waals surface area contributed by atoms with E-state index in [1.165, 1.54) is 6.20 Å². The first-order valence-corrected chi connectivity index (χ1v) is 5.72. The van der Waals surface area contributed by atoms with Gasteiger partial charge in [0.05, 0.1) is 6.04 Å². The van der Waals surface area contributed by atoms with Crippen molar-refractivity contribution in [3.05, 3.63) is 18.1 Å². The van der Waals surface area contributed by atoms with Crippen molar-refractivity contribution in [2.75, 3.05) is 11.4 Å². The molecular weight excluding hydrogens is 216 g/mol. The first-order valence-electron chi connectivity index (χ1n) is 5.72. The number of piperidine rings is 1. The van der Waals surface area contributed by atoms with Crippen molar-refractivity contribution < 1.29 is 4.79 Å². The summed E-state index contributed by atoms with van der Waals surface area (Å²) in [5, 5.41) is 9.01. The van der Waals surface area contributed by atoms with E-state index in [4.69, 9.17) is 5.26 Å². The molecule has 17 heavy (non-hydrogen) atoms. The van der Waals surface area contributed by atoms with Gasteiger partial charge in [0.25, 0.3) is 0 Å². The minimum atomic E-state index is -0.160. The van der Waals surface area contributed by atoms with Crippen molar-refractivity contribution >= 4 is 11.6 Å². The summed E-state index contributed by atoms with van der Waals surface area (Å²) in [5.74, 6) is 0.661. The molecule has 0 bridgehead atoms. The SMILES string of the molecule is CC(=O)C1CCCCN1c1nccnc1C#N. The molecule has 5 heteroatoms. The Morgan fingerprint density at radius 3 is 2.94 bits per heavy atom. The van der Waals surface area contributed by atoms with Crippen molar-refractivity contribution in [2.24, 2.45) is 0 Å². The van der Waals surface area contributed by atoms with Gasteiger partial charge in [-0.25, -0.2) is 9.97 Å². The molecule has 1 aliphatic rings. The zero-order valence-corrected chi connectivity index (χ0v) is 9.76. The minimum Gasteiger partial charge on any atom is -0.344 e. The number of ketones is 1. The molecule has 0 N–H and O–H groups in total. The summed E-state index contributed by atoms with van der Waals surface area (Å²) in [6, 6.07) is 1.87. The summed E-state index contributed by atoms with van der Waals surface area (Å²) < 4.78 is 0. The zero-order valence-electron chi connectivity index (χ0n) is 9.76. The standard InChI is InChI=1S/C12H14N4O/c1-9(17)11-4-2-3-7-16(11)12-10(8-13)14-5-6-15-12/h5-6,11H,2-4,7H2,1H3. The highest BCUT2D eigenvalue weighted by atomic mass is 16.1. The van der Waals surface area contributed by atoms with Gasteiger partial charge in [-0.1, -0.05) is 0 Å². The fourth-order valence-electron chi connectivity index (χ4n) is 2.23. The molecule has 0 radical (unpaired) electrons. The molecule has 5 nitrogen and oxygen atoms in total. The van der Waals surface area contributed by atoms with Crippen LogP contribution < -0.4 is 4.90 Å². The van der Waals surface area contributed by atoms with E-state index in [0.29, 0.717) is 11.5 Å². The summed E-state index contributed by atoms with van der Waals surface area (Å²) >= 11 is 0. The third-order valence-corrected chi connectivity index (χ3v) is 3.03. The second kappa shape index (κ2) is 4.91. The van der Waals surface area contributed by atoms with Crippen molar-refractivity contribution in [1.82, 2.24) is 9.97 Å². The third-order valence-electron chi connectivity index (χ3n) is 3.03. The molecule has 1 atom stereocenters. The van der Waals surface area contributed by atoms with Crippen LogP contribution in [0.5, 0.6) is 0 Å². The number of nitriles is 1. The van der Waals surface area contributed by atoms with E-state index in [0.717, 1.165) is 25.8 Å². The predicted octanol–water partition coefficient (Wildman–Crippen LogP) is 1.30. The predicted molar refractivity (Wildman–Crippen MR) is 62.4 cm³/mol. The highest BCUT2D eigenvalue weighted by Gasteiger charge is 2.28. The molecule has 2 heterocycles. The average molecular weight is 230 g/mol. The molecule has 0 spiro atoms. The van der Waals surface area contributed by atoms with Gasteiger partial charge >= 0.3 is 0 Å². The van der Waals surface area contributed by atoms with Gasteiger partial charge in [0.15, 0.2) is 17.3 Å². The van der Waals surface area contributed by atoms with Gasteiger partial charge in [-0.3, -0.25) is 4.79 Å². The van der Waals surface area contributed by atoms with Crippen molar-refractivity contribution in [3.63, 3.8) is 0 Å². The normalized spacial score (nSPS) is 19.8. The molecule has 0 aromatic carbocycles. The van der Waals surface area contributed by atoms with Gasteiger partial charge in [0.2, 0.25) is 0 Å². The largest absolute Gasteiger partial charge is 0.344 e. The number of aromatic nitrogens is 2. The zero-order chi connectivity index (χ0) is 12.3. The minimum absolute atomic E-state index is 0.124. The van der Waals surface area contributed by atoms with Gasteiger partial charge in [0.1, 0.15) is 6.07 Å². The van der Waals surface area contributed by atoms with E-state index in [9.17, 15) is 4.79 Å². The molecule has 0 aliphatic carbocycles. The molecule has 1 unspecified atom stereocenters. The monoisotopic (exact) mass is 230 g/mol. The maximum Gasteiger partial charge on any atom is 0.183 e. The molecule has 2 rings (SSSR count). The molecule has 0 amide bonds. The lowest BCUT2D eigenvalue weighted by atomic mass is 9.99. The van der Waals surface area contributed by atoms with Gasteiger partial charge in [-0.2, -0.15) is 5.26 Å². The van der Waals surface area contributed by atoms with Crippen LogP contribution in [-0.2, 0) is 4.79 Å². The van der Waals surface area contributed by atoms with E-state index in [1.807, 2.05) is 11.0 Å². The number of carbonyl (C=O) groups is 1.